The summed E-state index contributed by atoms with van der Waals surface area (Å²) in [7, 11) is 0. The monoisotopic (exact) mass is 520 g/mol. The molecule has 3 aromatic rings. The number of pyridine rings is 1. The Bertz CT molecular complexity index is 1440. The van der Waals surface area contributed by atoms with Crippen LogP contribution in [0, 0.1) is 18.3 Å². The number of amides is 1. The van der Waals surface area contributed by atoms with Crippen LogP contribution in [0.15, 0.2) is 30.3 Å². The Morgan fingerprint density at radius 2 is 1.92 bits per heavy atom. The molecule has 0 unspecified atom stereocenters. The number of nitriles is 1. The second kappa shape index (κ2) is 9.29. The number of ether oxygens (including phenoxy) is 1. The van der Waals surface area contributed by atoms with Gasteiger partial charge in [-0.15, -0.1) is 0 Å². The second-order valence-electron chi connectivity index (χ2n) is 10.4. The molecule has 1 fully saturated rings. The van der Waals surface area contributed by atoms with Crippen LogP contribution in [0.1, 0.15) is 37.5 Å². The van der Waals surface area contributed by atoms with Gasteiger partial charge in [-0.05, 0) is 45.4 Å². The first-order chi connectivity index (χ1) is 17.6. The number of aromatic nitrogens is 1. The number of nitrogens with one attached hydrogen (secondary N) is 1. The first-order valence-corrected chi connectivity index (χ1v) is 12.6. The number of nitrogens with zero attached hydrogens (tertiary/aromatic N) is 5. The van der Waals surface area contributed by atoms with Crippen LogP contribution in [-0.2, 0) is 6.54 Å². The van der Waals surface area contributed by atoms with Crippen LogP contribution in [0.2, 0.25) is 5.15 Å². The van der Waals surface area contributed by atoms with Crippen LogP contribution in [0.4, 0.5) is 16.2 Å². The van der Waals surface area contributed by atoms with Crippen molar-refractivity contribution in [3.63, 3.8) is 0 Å². The molecule has 0 spiro atoms. The highest BCUT2D eigenvalue weighted by Crippen LogP contribution is 2.43. The molecule has 0 saturated carbocycles. The predicted octanol–water partition coefficient (Wildman–Crippen LogP) is 5.60. The third-order valence-electron chi connectivity index (χ3n) is 6.94. The zero-order valence-electron chi connectivity index (χ0n) is 21.3. The fourth-order valence-electron chi connectivity index (χ4n) is 4.85. The van der Waals surface area contributed by atoms with Gasteiger partial charge in [-0.2, -0.15) is 5.26 Å². The van der Waals surface area contributed by atoms with Crippen LogP contribution in [0.5, 0.6) is 11.5 Å². The van der Waals surface area contributed by atoms with Crippen molar-refractivity contribution in [1.82, 2.24) is 14.9 Å². The standard InChI is InChI=1S/C27H29ClN6O3/c1-16-8-9-20-19(15-34(31-20)27(2,3)4)24(16)37-21-7-5-6-17-22(21)30-25(28)18(14-29)23(17)32-10-12-33(13-11-32)26(35)36/h5-9,31H,10-13,15H2,1-4H3,(H,35,36). The Kier molecular flexibility index (Phi) is 6.26. The van der Waals surface area contributed by atoms with Crippen LogP contribution in [0.25, 0.3) is 10.9 Å². The topological polar surface area (TPSA) is 105 Å². The molecule has 2 N–H and O–H groups in total. The summed E-state index contributed by atoms with van der Waals surface area (Å²) >= 11 is 6.54. The molecule has 0 bridgehead atoms. The van der Waals surface area contributed by atoms with Gasteiger partial charge in [0.25, 0.3) is 0 Å². The summed E-state index contributed by atoms with van der Waals surface area (Å²) in [5, 5.41) is 22.3. The van der Waals surface area contributed by atoms with E-state index in [9.17, 15) is 15.2 Å². The van der Waals surface area contributed by atoms with Crippen LogP contribution in [-0.4, -0.2) is 57.8 Å². The van der Waals surface area contributed by atoms with E-state index in [0.717, 1.165) is 28.0 Å². The van der Waals surface area contributed by atoms with Crippen molar-refractivity contribution in [2.45, 2.75) is 39.8 Å². The van der Waals surface area contributed by atoms with Crippen molar-refractivity contribution in [2.75, 3.05) is 36.5 Å². The number of aryl methyl sites for hydroxylation is 1. The fourth-order valence-corrected chi connectivity index (χ4v) is 5.07. The van der Waals surface area contributed by atoms with Crippen molar-refractivity contribution in [1.29, 1.82) is 5.26 Å². The molecule has 37 heavy (non-hydrogen) atoms. The molecular formula is C27H29ClN6O3. The maximum Gasteiger partial charge on any atom is 0.407 e. The van der Waals surface area contributed by atoms with E-state index in [4.69, 9.17) is 16.3 Å². The Labute approximate surface area is 220 Å². The van der Waals surface area contributed by atoms with E-state index in [1.54, 1.807) is 0 Å². The number of benzene rings is 2. The molecule has 2 aliphatic rings. The lowest BCUT2D eigenvalue weighted by Crippen LogP contribution is -2.48. The first-order valence-electron chi connectivity index (χ1n) is 12.2. The third kappa shape index (κ3) is 4.47. The summed E-state index contributed by atoms with van der Waals surface area (Å²) in [6, 6.07) is 11.9. The molecule has 0 atom stereocenters. The zero-order valence-corrected chi connectivity index (χ0v) is 22.1. The van der Waals surface area contributed by atoms with Gasteiger partial charge in [0.2, 0.25) is 0 Å². The highest BCUT2D eigenvalue weighted by atomic mass is 35.5. The second-order valence-corrected chi connectivity index (χ2v) is 10.7. The van der Waals surface area contributed by atoms with E-state index in [1.807, 2.05) is 36.1 Å². The number of anilines is 2. The summed E-state index contributed by atoms with van der Waals surface area (Å²) in [6.07, 6.45) is -0.946. The van der Waals surface area contributed by atoms with Crippen LogP contribution >= 0.6 is 11.6 Å². The predicted molar refractivity (Wildman–Crippen MR) is 143 cm³/mol. The summed E-state index contributed by atoms with van der Waals surface area (Å²) in [6.45, 7) is 10.7. The van der Waals surface area contributed by atoms with Crippen LogP contribution in [0.3, 0.4) is 0 Å². The smallest absolute Gasteiger partial charge is 0.407 e. The summed E-state index contributed by atoms with van der Waals surface area (Å²) in [4.78, 5) is 19.3. The van der Waals surface area contributed by atoms with Gasteiger partial charge in [-0.25, -0.2) is 14.8 Å². The molecule has 1 saturated heterocycles. The maximum absolute atomic E-state index is 11.4. The zero-order chi connectivity index (χ0) is 26.5. The van der Waals surface area contributed by atoms with E-state index >= 15 is 0 Å². The van der Waals surface area contributed by atoms with Gasteiger partial charge in [-0.3, -0.25) is 0 Å². The Morgan fingerprint density at radius 3 is 2.57 bits per heavy atom. The molecule has 1 amide bonds. The highest BCUT2D eigenvalue weighted by molar-refractivity contribution is 6.32. The summed E-state index contributed by atoms with van der Waals surface area (Å²) < 4.78 is 6.57. The number of piperazine rings is 1. The first kappa shape index (κ1) is 24.9. The SMILES string of the molecule is Cc1ccc2c(c1Oc1cccc3c(N4CCN(C(=O)O)CC4)c(C#N)c(Cl)nc13)CN(C(C)(C)C)N2. The van der Waals surface area contributed by atoms with E-state index in [-0.39, 0.29) is 16.3 Å². The van der Waals surface area contributed by atoms with Gasteiger partial charge in [-0.1, -0.05) is 29.8 Å². The number of hydrazine groups is 1. The molecule has 3 heterocycles. The largest absolute Gasteiger partial charge is 0.465 e. The van der Waals surface area contributed by atoms with E-state index in [2.05, 4.69) is 48.3 Å². The number of para-hydroxylation sites is 1. The summed E-state index contributed by atoms with van der Waals surface area (Å²) in [5.41, 5.74) is 7.96. The van der Waals surface area contributed by atoms with Crippen LogP contribution < -0.4 is 15.1 Å². The molecule has 5 rings (SSSR count). The Morgan fingerprint density at radius 1 is 1.19 bits per heavy atom. The minimum absolute atomic E-state index is 0.0774. The van der Waals surface area contributed by atoms with Gasteiger partial charge >= 0.3 is 6.09 Å². The van der Waals surface area contributed by atoms with Crippen molar-refractivity contribution < 1.29 is 14.6 Å². The van der Waals surface area contributed by atoms with Gasteiger partial charge in [0.1, 0.15) is 28.1 Å². The number of rotatable bonds is 3. The van der Waals surface area contributed by atoms with Gasteiger partial charge in [0.15, 0.2) is 5.75 Å². The lowest BCUT2D eigenvalue weighted by Gasteiger charge is -2.35. The van der Waals surface area contributed by atoms with Crippen molar-refractivity contribution in [3.05, 3.63) is 52.2 Å². The Balaban J connectivity index is 1.58. The molecule has 1 aromatic heterocycles. The molecule has 10 heteroatoms. The minimum atomic E-state index is -0.946. The highest BCUT2D eigenvalue weighted by Gasteiger charge is 2.31. The van der Waals surface area contributed by atoms with E-state index < -0.39 is 6.09 Å². The normalized spacial score (nSPS) is 15.9. The number of hydrogen-bond acceptors (Lipinski definition) is 7. The van der Waals surface area contributed by atoms with Gasteiger partial charge in [0.05, 0.1) is 11.4 Å². The lowest BCUT2D eigenvalue weighted by atomic mass is 10.1. The van der Waals surface area contributed by atoms with E-state index in [0.29, 0.717) is 49.7 Å². The molecule has 2 aromatic carbocycles. The molecule has 0 aliphatic carbocycles. The number of carbonyl (C=O) groups is 1. The van der Waals surface area contributed by atoms with Crippen molar-refractivity contribution in [2.24, 2.45) is 0 Å². The molecular weight excluding hydrogens is 492 g/mol. The number of fused-ring (bicyclic) bond motifs is 2. The third-order valence-corrected chi connectivity index (χ3v) is 7.21. The summed E-state index contributed by atoms with van der Waals surface area (Å²) in [5.74, 6) is 1.31. The molecule has 9 nitrogen and oxygen atoms in total. The number of halogens is 1. The fraction of sp³-hybridized carbons (Fsp3) is 0.370. The maximum atomic E-state index is 11.4. The number of hydrogen-bond donors (Lipinski definition) is 2. The molecule has 0 radical (unpaired) electrons. The molecule has 2 aliphatic heterocycles. The molecule has 192 valence electrons. The average Bonchev–Trinajstić information content (AvgIpc) is 3.31. The minimum Gasteiger partial charge on any atom is -0.465 e. The Hall–Kier alpha value is -3.74. The van der Waals surface area contributed by atoms with Crippen molar-refractivity contribution in [3.8, 4) is 17.6 Å². The average molecular weight is 521 g/mol. The van der Waals surface area contributed by atoms with E-state index in [1.165, 1.54) is 4.90 Å². The van der Waals surface area contributed by atoms with Gasteiger partial charge in [0, 0.05) is 49.2 Å². The van der Waals surface area contributed by atoms with Crippen molar-refractivity contribution >= 4 is 40.0 Å². The number of carboxylic acid groups (broad SMARTS) is 1. The quantitative estimate of drug-likeness (QED) is 0.430. The lowest BCUT2D eigenvalue weighted by molar-refractivity contribution is 0.142. The van der Waals surface area contributed by atoms with Gasteiger partial charge < -0.3 is 25.1 Å².